The third-order valence-corrected chi connectivity index (χ3v) is 4.84. The summed E-state index contributed by atoms with van der Waals surface area (Å²) < 4.78 is 5.92. The van der Waals surface area contributed by atoms with E-state index in [0.29, 0.717) is 24.2 Å². The van der Waals surface area contributed by atoms with Crippen LogP contribution in [0.4, 0.5) is 0 Å². The van der Waals surface area contributed by atoms with Gasteiger partial charge in [0, 0.05) is 12.0 Å². The first-order valence-corrected chi connectivity index (χ1v) is 6.75. The first kappa shape index (κ1) is 10.1. The van der Waals surface area contributed by atoms with E-state index in [9.17, 15) is 0 Å². The van der Waals surface area contributed by atoms with Crippen molar-refractivity contribution in [3.8, 4) is 0 Å². The van der Waals surface area contributed by atoms with E-state index >= 15 is 0 Å². The highest BCUT2D eigenvalue weighted by atomic mass is 16.5. The Bertz CT molecular complexity index is 225. The van der Waals surface area contributed by atoms with Gasteiger partial charge in [-0.15, -0.1) is 0 Å². The summed E-state index contributed by atoms with van der Waals surface area (Å²) in [7, 11) is 0. The summed E-state index contributed by atoms with van der Waals surface area (Å²) in [6, 6.07) is 0.431. The van der Waals surface area contributed by atoms with Crippen LogP contribution < -0.4 is 5.73 Å². The molecule has 0 radical (unpaired) electrons. The maximum absolute atomic E-state index is 6.46. The van der Waals surface area contributed by atoms with Crippen LogP contribution in [0.5, 0.6) is 0 Å². The summed E-state index contributed by atoms with van der Waals surface area (Å²) in [5.74, 6) is 1.48. The standard InChI is InChI=1S/C13H23NO/c14-13(9-4-2-1-3-5-9)11-8-10-6-7-12(11)15-10/h9-13H,1-8,14H2. The topological polar surface area (TPSA) is 35.2 Å². The molecule has 0 spiro atoms. The quantitative estimate of drug-likeness (QED) is 0.758. The minimum absolute atomic E-state index is 0.431. The maximum Gasteiger partial charge on any atom is 0.0623 e. The molecular weight excluding hydrogens is 186 g/mol. The van der Waals surface area contributed by atoms with Crippen LogP contribution in [0.2, 0.25) is 0 Å². The maximum atomic E-state index is 6.46. The molecule has 2 saturated heterocycles. The number of nitrogens with two attached hydrogens (primary N) is 1. The lowest BCUT2D eigenvalue weighted by Crippen LogP contribution is -2.42. The summed E-state index contributed by atoms with van der Waals surface area (Å²) in [5.41, 5.74) is 6.46. The Morgan fingerprint density at radius 3 is 2.40 bits per heavy atom. The van der Waals surface area contributed by atoms with Gasteiger partial charge in [0.2, 0.25) is 0 Å². The van der Waals surface area contributed by atoms with Gasteiger partial charge in [0.25, 0.3) is 0 Å². The van der Waals surface area contributed by atoms with Crippen LogP contribution in [0.3, 0.4) is 0 Å². The highest BCUT2D eigenvalue weighted by Gasteiger charge is 2.45. The lowest BCUT2D eigenvalue weighted by molar-refractivity contribution is 0.0813. The fourth-order valence-electron chi connectivity index (χ4n) is 3.95. The molecular formula is C13H23NO. The van der Waals surface area contributed by atoms with E-state index in [2.05, 4.69) is 0 Å². The Labute approximate surface area is 92.6 Å². The lowest BCUT2D eigenvalue weighted by atomic mass is 9.74. The zero-order chi connectivity index (χ0) is 10.3. The van der Waals surface area contributed by atoms with Crippen LogP contribution in [0, 0.1) is 11.8 Å². The molecule has 1 saturated carbocycles. The number of rotatable bonds is 2. The van der Waals surface area contributed by atoms with Crippen molar-refractivity contribution in [3.63, 3.8) is 0 Å². The van der Waals surface area contributed by atoms with E-state index in [1.165, 1.54) is 51.4 Å². The molecule has 4 atom stereocenters. The largest absolute Gasteiger partial charge is 0.375 e. The van der Waals surface area contributed by atoms with Gasteiger partial charge in [-0.2, -0.15) is 0 Å². The van der Waals surface area contributed by atoms with E-state index in [-0.39, 0.29) is 0 Å². The van der Waals surface area contributed by atoms with Crippen LogP contribution in [0.15, 0.2) is 0 Å². The van der Waals surface area contributed by atoms with E-state index in [0.717, 1.165) is 5.92 Å². The summed E-state index contributed by atoms with van der Waals surface area (Å²) >= 11 is 0. The molecule has 2 bridgehead atoms. The molecule has 15 heavy (non-hydrogen) atoms. The fraction of sp³-hybridized carbons (Fsp3) is 1.00. The molecule has 0 aromatic heterocycles. The fourth-order valence-corrected chi connectivity index (χ4v) is 3.95. The predicted octanol–water partition coefficient (Wildman–Crippen LogP) is 2.46. The predicted molar refractivity (Wildman–Crippen MR) is 60.6 cm³/mol. The lowest BCUT2D eigenvalue weighted by Gasteiger charge is -2.34. The van der Waals surface area contributed by atoms with Crippen molar-refractivity contribution < 1.29 is 4.74 Å². The summed E-state index contributed by atoms with van der Waals surface area (Å²) in [5, 5.41) is 0. The molecule has 0 aromatic carbocycles. The second-order valence-corrected chi connectivity index (χ2v) is 5.75. The molecule has 3 rings (SSSR count). The van der Waals surface area contributed by atoms with Crippen LogP contribution in [0.1, 0.15) is 51.4 Å². The molecule has 2 heteroatoms. The third-order valence-electron chi connectivity index (χ3n) is 4.84. The minimum atomic E-state index is 0.431. The van der Waals surface area contributed by atoms with Crippen molar-refractivity contribution in [2.24, 2.45) is 17.6 Å². The molecule has 2 heterocycles. The SMILES string of the molecule is NC(C1CCCCC1)C1CC2CCC1O2. The number of fused-ring (bicyclic) bond motifs is 2. The van der Waals surface area contributed by atoms with E-state index in [1.54, 1.807) is 0 Å². The average molecular weight is 209 g/mol. The molecule has 3 fully saturated rings. The van der Waals surface area contributed by atoms with Gasteiger partial charge in [0.15, 0.2) is 0 Å². The minimum Gasteiger partial charge on any atom is -0.375 e. The van der Waals surface area contributed by atoms with Crippen molar-refractivity contribution in [2.75, 3.05) is 0 Å². The average Bonchev–Trinajstić information content (AvgIpc) is 2.91. The molecule has 0 aromatic rings. The molecule has 3 aliphatic rings. The van der Waals surface area contributed by atoms with Gasteiger partial charge in [0.1, 0.15) is 0 Å². The second-order valence-electron chi connectivity index (χ2n) is 5.75. The summed E-state index contributed by atoms with van der Waals surface area (Å²) in [4.78, 5) is 0. The Balaban J connectivity index is 1.61. The molecule has 0 amide bonds. The smallest absolute Gasteiger partial charge is 0.0623 e. The van der Waals surface area contributed by atoms with E-state index < -0.39 is 0 Å². The molecule has 86 valence electrons. The summed E-state index contributed by atoms with van der Waals surface area (Å²) in [6.45, 7) is 0. The third kappa shape index (κ3) is 1.83. The van der Waals surface area contributed by atoms with Crippen molar-refractivity contribution >= 4 is 0 Å². The van der Waals surface area contributed by atoms with Gasteiger partial charge in [-0.3, -0.25) is 0 Å². The first-order chi connectivity index (χ1) is 7.34. The molecule has 2 nitrogen and oxygen atoms in total. The number of ether oxygens (including phenoxy) is 1. The molecule has 2 N–H and O–H groups in total. The molecule has 1 aliphatic carbocycles. The zero-order valence-electron chi connectivity index (χ0n) is 9.53. The number of hydrogen-bond donors (Lipinski definition) is 1. The van der Waals surface area contributed by atoms with Crippen LogP contribution >= 0.6 is 0 Å². The Morgan fingerprint density at radius 1 is 1.00 bits per heavy atom. The van der Waals surface area contributed by atoms with Crippen molar-refractivity contribution in [1.82, 2.24) is 0 Å². The van der Waals surface area contributed by atoms with Crippen LogP contribution in [-0.4, -0.2) is 18.2 Å². The first-order valence-electron chi connectivity index (χ1n) is 6.75. The van der Waals surface area contributed by atoms with Gasteiger partial charge in [-0.05, 0) is 38.0 Å². The van der Waals surface area contributed by atoms with Gasteiger partial charge in [-0.1, -0.05) is 19.3 Å². The molecule has 4 unspecified atom stereocenters. The van der Waals surface area contributed by atoms with E-state index in [1.807, 2.05) is 0 Å². The Kier molecular flexibility index (Phi) is 2.73. The second kappa shape index (κ2) is 4.06. The number of hydrogen-bond acceptors (Lipinski definition) is 2. The Hall–Kier alpha value is -0.0800. The van der Waals surface area contributed by atoms with Gasteiger partial charge in [0.05, 0.1) is 12.2 Å². The van der Waals surface area contributed by atoms with Gasteiger partial charge in [-0.25, -0.2) is 0 Å². The normalized spacial score (nSPS) is 43.4. The van der Waals surface area contributed by atoms with Gasteiger partial charge < -0.3 is 10.5 Å². The van der Waals surface area contributed by atoms with Crippen molar-refractivity contribution in [1.29, 1.82) is 0 Å². The van der Waals surface area contributed by atoms with E-state index in [4.69, 9.17) is 10.5 Å². The highest BCUT2D eigenvalue weighted by Crippen LogP contribution is 2.43. The van der Waals surface area contributed by atoms with Crippen molar-refractivity contribution in [3.05, 3.63) is 0 Å². The van der Waals surface area contributed by atoms with Crippen LogP contribution in [-0.2, 0) is 4.74 Å². The molecule has 2 aliphatic heterocycles. The zero-order valence-corrected chi connectivity index (χ0v) is 9.53. The highest BCUT2D eigenvalue weighted by molar-refractivity contribution is 4.96. The van der Waals surface area contributed by atoms with Crippen LogP contribution in [0.25, 0.3) is 0 Å². The van der Waals surface area contributed by atoms with Gasteiger partial charge >= 0.3 is 0 Å². The monoisotopic (exact) mass is 209 g/mol. The van der Waals surface area contributed by atoms with Crippen molar-refractivity contribution in [2.45, 2.75) is 69.6 Å². The Morgan fingerprint density at radius 2 is 1.80 bits per heavy atom. The summed E-state index contributed by atoms with van der Waals surface area (Å²) in [6.07, 6.45) is 11.9.